The summed E-state index contributed by atoms with van der Waals surface area (Å²) in [7, 11) is 0. The van der Waals surface area contributed by atoms with Gasteiger partial charge in [0.15, 0.2) is 11.5 Å². The molecule has 1 amide bonds. The van der Waals surface area contributed by atoms with E-state index in [1.165, 1.54) is 11.2 Å². The molecule has 1 unspecified atom stereocenters. The number of nitrogens with zero attached hydrogens (tertiary/aromatic N) is 1. The number of aliphatic hydroxyl groups excluding tert-OH is 1. The maximum atomic E-state index is 12.7. The molecule has 120 valence electrons. The molecule has 0 aliphatic carbocycles. The van der Waals surface area contributed by atoms with Gasteiger partial charge in [-0.1, -0.05) is 34.1 Å². The molecule has 0 aromatic carbocycles. The van der Waals surface area contributed by atoms with Crippen LogP contribution in [0.25, 0.3) is 0 Å². The van der Waals surface area contributed by atoms with E-state index in [2.05, 4.69) is 0 Å². The lowest BCUT2D eigenvalue weighted by molar-refractivity contribution is -0.129. The summed E-state index contributed by atoms with van der Waals surface area (Å²) < 4.78 is 5.43. The first-order chi connectivity index (χ1) is 10.3. The maximum absolute atomic E-state index is 12.7. The zero-order chi connectivity index (χ0) is 16.5. The zero-order valence-electron chi connectivity index (χ0n) is 13.5. The number of hydrogen-bond donors (Lipinski definition) is 1. The van der Waals surface area contributed by atoms with Crippen molar-refractivity contribution in [1.82, 2.24) is 4.90 Å². The number of amides is 1. The van der Waals surface area contributed by atoms with Crippen LogP contribution in [0.3, 0.4) is 0 Å². The molecule has 22 heavy (non-hydrogen) atoms. The second-order valence-corrected chi connectivity index (χ2v) is 6.61. The second kappa shape index (κ2) is 5.99. The Morgan fingerprint density at radius 3 is 2.59 bits per heavy atom. The van der Waals surface area contributed by atoms with Crippen molar-refractivity contribution in [2.45, 2.75) is 46.6 Å². The van der Waals surface area contributed by atoms with Crippen molar-refractivity contribution >= 4 is 11.7 Å². The maximum Gasteiger partial charge on any atom is 0.290 e. The molecule has 0 saturated carbocycles. The summed E-state index contributed by atoms with van der Waals surface area (Å²) in [5, 5.41) is 10.3. The Hall–Kier alpha value is -2.04. The Kier molecular flexibility index (Phi) is 4.44. The first kappa shape index (κ1) is 16.3. The molecular formula is C17H23NO4. The molecule has 0 spiro atoms. The number of carbonyl (C=O) groups is 2. The number of unbranched alkanes of at least 4 members (excludes halogenated alkanes) is 1. The van der Waals surface area contributed by atoms with E-state index >= 15 is 0 Å². The van der Waals surface area contributed by atoms with Crippen molar-refractivity contribution in [3.8, 4) is 0 Å². The standard InChI is InChI=1S/C17H23NO4/c1-5-6-9-18-13(11-8-7-10-22-11)12(14(19)16(18)21)15(20)17(2,3)4/h7-8,10,13,19H,5-6,9H2,1-4H3. The van der Waals surface area contributed by atoms with E-state index in [4.69, 9.17) is 4.42 Å². The summed E-state index contributed by atoms with van der Waals surface area (Å²) in [6.07, 6.45) is 3.22. The van der Waals surface area contributed by atoms with Crippen LogP contribution in [-0.4, -0.2) is 28.2 Å². The van der Waals surface area contributed by atoms with E-state index in [1.807, 2.05) is 6.92 Å². The summed E-state index contributed by atoms with van der Waals surface area (Å²) in [5.41, 5.74) is -0.543. The predicted octanol–water partition coefficient (Wildman–Crippen LogP) is 3.39. The average molecular weight is 305 g/mol. The van der Waals surface area contributed by atoms with Gasteiger partial charge in [0.2, 0.25) is 0 Å². The topological polar surface area (TPSA) is 70.8 Å². The first-order valence-corrected chi connectivity index (χ1v) is 7.61. The van der Waals surface area contributed by atoms with Crippen LogP contribution in [0, 0.1) is 5.41 Å². The highest BCUT2D eigenvalue weighted by Gasteiger charge is 2.46. The highest BCUT2D eigenvalue weighted by atomic mass is 16.3. The van der Waals surface area contributed by atoms with Crippen molar-refractivity contribution in [2.24, 2.45) is 5.41 Å². The molecule has 0 saturated heterocycles. The zero-order valence-corrected chi connectivity index (χ0v) is 13.5. The fourth-order valence-corrected chi connectivity index (χ4v) is 2.59. The Morgan fingerprint density at radius 1 is 1.41 bits per heavy atom. The Bertz CT molecular complexity index is 593. The van der Waals surface area contributed by atoms with Crippen molar-refractivity contribution < 1.29 is 19.1 Å². The van der Waals surface area contributed by atoms with Crippen LogP contribution in [0.5, 0.6) is 0 Å². The fraction of sp³-hybridized carbons (Fsp3) is 0.529. The SMILES string of the molecule is CCCCN1C(=O)C(O)=C(C(=O)C(C)(C)C)C1c1ccco1. The van der Waals surface area contributed by atoms with Crippen molar-refractivity contribution in [3.05, 3.63) is 35.5 Å². The Morgan fingerprint density at radius 2 is 2.09 bits per heavy atom. The first-order valence-electron chi connectivity index (χ1n) is 7.61. The predicted molar refractivity (Wildman–Crippen MR) is 82.2 cm³/mol. The van der Waals surface area contributed by atoms with Crippen LogP contribution in [0.4, 0.5) is 0 Å². The van der Waals surface area contributed by atoms with Crippen LogP contribution in [0.15, 0.2) is 34.1 Å². The minimum absolute atomic E-state index is 0.142. The van der Waals surface area contributed by atoms with Gasteiger partial charge in [-0.15, -0.1) is 0 Å². The van der Waals surface area contributed by atoms with Gasteiger partial charge in [0.25, 0.3) is 5.91 Å². The van der Waals surface area contributed by atoms with Gasteiger partial charge in [-0.2, -0.15) is 0 Å². The highest BCUT2D eigenvalue weighted by molar-refractivity contribution is 6.10. The van der Waals surface area contributed by atoms with Gasteiger partial charge in [-0.05, 0) is 18.6 Å². The Balaban J connectivity index is 2.48. The van der Waals surface area contributed by atoms with Gasteiger partial charge in [0, 0.05) is 12.0 Å². The minimum Gasteiger partial charge on any atom is -0.503 e. The van der Waals surface area contributed by atoms with E-state index in [9.17, 15) is 14.7 Å². The molecular weight excluding hydrogens is 282 g/mol. The smallest absolute Gasteiger partial charge is 0.290 e. The molecule has 0 radical (unpaired) electrons. The number of Topliss-reactive ketones (excluding diaryl/α,β-unsaturated/α-hetero) is 1. The van der Waals surface area contributed by atoms with Gasteiger partial charge in [0.1, 0.15) is 11.8 Å². The molecule has 1 aromatic heterocycles. The van der Waals surface area contributed by atoms with Crippen LogP contribution >= 0.6 is 0 Å². The lowest BCUT2D eigenvalue weighted by Crippen LogP contribution is -2.33. The average Bonchev–Trinajstić information content (AvgIpc) is 3.04. The lowest BCUT2D eigenvalue weighted by Gasteiger charge is -2.27. The van der Waals surface area contributed by atoms with Crippen LogP contribution < -0.4 is 0 Å². The summed E-state index contributed by atoms with van der Waals surface area (Å²) >= 11 is 0. The molecule has 2 heterocycles. The quantitative estimate of drug-likeness (QED) is 0.905. The molecule has 1 N–H and O–H groups in total. The van der Waals surface area contributed by atoms with Crippen molar-refractivity contribution in [1.29, 1.82) is 0 Å². The van der Waals surface area contributed by atoms with Gasteiger partial charge in [0.05, 0.1) is 11.8 Å². The molecule has 1 aromatic rings. The molecule has 5 heteroatoms. The van der Waals surface area contributed by atoms with E-state index in [0.717, 1.165) is 12.8 Å². The largest absolute Gasteiger partial charge is 0.503 e. The number of furan rings is 1. The summed E-state index contributed by atoms with van der Waals surface area (Å²) in [4.78, 5) is 26.6. The van der Waals surface area contributed by atoms with Gasteiger partial charge >= 0.3 is 0 Å². The number of hydrogen-bond acceptors (Lipinski definition) is 4. The number of aliphatic hydroxyl groups is 1. The highest BCUT2D eigenvalue weighted by Crippen LogP contribution is 2.40. The summed E-state index contributed by atoms with van der Waals surface area (Å²) in [5.74, 6) is -0.681. The molecule has 2 rings (SSSR count). The van der Waals surface area contributed by atoms with Gasteiger partial charge in [-0.3, -0.25) is 9.59 Å². The summed E-state index contributed by atoms with van der Waals surface area (Å²) in [6, 6.07) is 2.80. The second-order valence-electron chi connectivity index (χ2n) is 6.61. The van der Waals surface area contributed by atoms with Crippen molar-refractivity contribution in [3.63, 3.8) is 0 Å². The molecule has 0 bridgehead atoms. The minimum atomic E-state index is -0.685. The van der Waals surface area contributed by atoms with Gasteiger partial charge < -0.3 is 14.4 Å². The third-order valence-corrected chi connectivity index (χ3v) is 3.79. The van der Waals surface area contributed by atoms with Crippen molar-refractivity contribution in [2.75, 3.05) is 6.54 Å². The van der Waals surface area contributed by atoms with Crippen LogP contribution in [0.2, 0.25) is 0 Å². The summed E-state index contributed by atoms with van der Waals surface area (Å²) in [6.45, 7) is 7.82. The Labute approximate surface area is 130 Å². The normalized spacial score (nSPS) is 19.2. The van der Waals surface area contributed by atoms with E-state index in [1.54, 1.807) is 32.9 Å². The third-order valence-electron chi connectivity index (χ3n) is 3.79. The lowest BCUT2D eigenvalue weighted by atomic mass is 9.83. The number of rotatable bonds is 5. The van der Waals surface area contributed by atoms with E-state index < -0.39 is 23.1 Å². The van der Waals surface area contributed by atoms with E-state index in [-0.39, 0.29) is 11.4 Å². The monoisotopic (exact) mass is 305 g/mol. The molecule has 1 aliphatic rings. The molecule has 0 fully saturated rings. The van der Waals surface area contributed by atoms with E-state index in [0.29, 0.717) is 12.3 Å². The van der Waals surface area contributed by atoms with Crippen LogP contribution in [-0.2, 0) is 9.59 Å². The fourth-order valence-electron chi connectivity index (χ4n) is 2.59. The number of ketones is 1. The third kappa shape index (κ3) is 2.80. The molecule has 1 aliphatic heterocycles. The molecule has 5 nitrogen and oxygen atoms in total. The van der Waals surface area contributed by atoms with Crippen LogP contribution in [0.1, 0.15) is 52.3 Å². The van der Waals surface area contributed by atoms with Gasteiger partial charge in [-0.25, -0.2) is 0 Å². The number of carbonyl (C=O) groups excluding carboxylic acids is 2. The molecule has 1 atom stereocenters.